The van der Waals surface area contributed by atoms with Crippen LogP contribution in [0.2, 0.25) is 0 Å². The first-order valence-corrected chi connectivity index (χ1v) is 10.3. The van der Waals surface area contributed by atoms with E-state index in [4.69, 9.17) is 4.74 Å². The molecule has 0 unspecified atom stereocenters. The molecule has 0 spiro atoms. The highest BCUT2D eigenvalue weighted by Gasteiger charge is 2.35. The maximum absolute atomic E-state index is 12.3. The summed E-state index contributed by atoms with van der Waals surface area (Å²) in [6.45, 7) is 1.12. The van der Waals surface area contributed by atoms with Crippen LogP contribution in [0.25, 0.3) is 10.2 Å². The lowest BCUT2D eigenvalue weighted by Gasteiger charge is -2.30. The molecule has 0 atom stereocenters. The third kappa shape index (κ3) is 4.20. The average molecular weight is 381 g/mol. The van der Waals surface area contributed by atoms with Crippen molar-refractivity contribution in [2.45, 2.75) is 37.7 Å². The normalized spacial score (nSPS) is 15.9. The number of nitrogens with one attached hydrogen (secondary N) is 1. The first kappa shape index (κ1) is 18.1. The van der Waals surface area contributed by atoms with Crippen molar-refractivity contribution in [2.24, 2.45) is 0 Å². The summed E-state index contributed by atoms with van der Waals surface area (Å²) in [7, 11) is 0. The Bertz CT molecular complexity index is 868. The number of hydrogen-bond donors (Lipinski definition) is 1. The van der Waals surface area contributed by atoms with Gasteiger partial charge >= 0.3 is 0 Å². The fraction of sp³-hybridized carbons (Fsp3) is 0.364. The molecule has 0 aliphatic heterocycles. The fourth-order valence-electron chi connectivity index (χ4n) is 3.94. The summed E-state index contributed by atoms with van der Waals surface area (Å²) in [5.41, 5.74) is 2.39. The molecule has 0 saturated heterocycles. The Hall–Kier alpha value is -2.24. The number of benzene rings is 2. The van der Waals surface area contributed by atoms with Gasteiger partial charge in [-0.25, -0.2) is 4.98 Å². The monoisotopic (exact) mass is 380 g/mol. The zero-order chi connectivity index (χ0) is 18.5. The predicted molar refractivity (Wildman–Crippen MR) is 109 cm³/mol. The lowest BCUT2D eigenvalue weighted by molar-refractivity contribution is -0.126. The van der Waals surface area contributed by atoms with Crippen LogP contribution in [0.5, 0.6) is 0 Å². The summed E-state index contributed by atoms with van der Waals surface area (Å²) in [5.74, 6) is -0.0571. The van der Waals surface area contributed by atoms with E-state index in [1.54, 1.807) is 11.3 Å². The largest absolute Gasteiger partial charge is 0.364 e. The van der Waals surface area contributed by atoms with Gasteiger partial charge in [0.2, 0.25) is 5.91 Å². The number of fused-ring (bicyclic) bond motifs is 1. The number of carbonyl (C=O) groups excluding carboxylic acids is 1. The van der Waals surface area contributed by atoms with Crippen molar-refractivity contribution in [3.63, 3.8) is 0 Å². The zero-order valence-electron chi connectivity index (χ0n) is 15.3. The van der Waals surface area contributed by atoms with Crippen LogP contribution < -0.4 is 5.32 Å². The van der Waals surface area contributed by atoms with Gasteiger partial charge in [-0.3, -0.25) is 4.79 Å². The Morgan fingerprint density at radius 3 is 2.59 bits per heavy atom. The van der Waals surface area contributed by atoms with E-state index in [1.165, 1.54) is 18.4 Å². The summed E-state index contributed by atoms with van der Waals surface area (Å²) >= 11 is 1.61. The van der Waals surface area contributed by atoms with Crippen LogP contribution in [-0.4, -0.2) is 24.0 Å². The standard InChI is InChI=1S/C22H24N2O2S/c25-20(14-26-15-21-24-18-10-4-5-11-19(18)27-21)23-16-22(12-6-7-13-22)17-8-2-1-3-9-17/h1-5,8-11H,6-7,12-16H2,(H,23,25). The zero-order valence-corrected chi connectivity index (χ0v) is 16.1. The minimum atomic E-state index is -0.0571. The van der Waals surface area contributed by atoms with E-state index < -0.39 is 0 Å². The molecule has 3 aromatic rings. The van der Waals surface area contributed by atoms with E-state index in [0.717, 1.165) is 28.1 Å². The molecule has 0 radical (unpaired) electrons. The van der Waals surface area contributed by atoms with E-state index in [0.29, 0.717) is 13.2 Å². The SMILES string of the molecule is O=C(COCc1nc2ccccc2s1)NCC1(c2ccccc2)CCCC1. The number of nitrogens with zero attached hydrogens (tertiary/aromatic N) is 1. The van der Waals surface area contributed by atoms with Crippen LogP contribution in [0, 0.1) is 0 Å². The van der Waals surface area contributed by atoms with Crippen LogP contribution in [0.3, 0.4) is 0 Å². The molecule has 4 rings (SSSR count). The van der Waals surface area contributed by atoms with Gasteiger partial charge in [0.05, 0.1) is 16.8 Å². The van der Waals surface area contributed by atoms with Crippen LogP contribution in [0.1, 0.15) is 36.3 Å². The summed E-state index contributed by atoms with van der Waals surface area (Å²) in [4.78, 5) is 16.8. The van der Waals surface area contributed by atoms with Gasteiger partial charge in [0.25, 0.3) is 0 Å². The molecule has 1 fully saturated rings. The van der Waals surface area contributed by atoms with Gasteiger partial charge in [-0.1, -0.05) is 55.3 Å². The average Bonchev–Trinajstić information content (AvgIpc) is 3.34. The summed E-state index contributed by atoms with van der Waals surface area (Å²) in [6, 6.07) is 18.6. The van der Waals surface area contributed by atoms with E-state index in [2.05, 4.69) is 34.6 Å². The molecule has 140 valence electrons. The lowest BCUT2D eigenvalue weighted by Crippen LogP contribution is -2.40. The molecule has 1 amide bonds. The highest BCUT2D eigenvalue weighted by molar-refractivity contribution is 7.18. The molecular weight excluding hydrogens is 356 g/mol. The second kappa shape index (κ2) is 8.19. The minimum absolute atomic E-state index is 0.0571. The minimum Gasteiger partial charge on any atom is -0.364 e. The van der Waals surface area contributed by atoms with Gasteiger partial charge in [0.1, 0.15) is 11.6 Å². The first-order chi connectivity index (χ1) is 13.3. The fourth-order valence-corrected chi connectivity index (χ4v) is 4.85. The molecule has 1 N–H and O–H groups in total. The molecule has 0 bridgehead atoms. The van der Waals surface area contributed by atoms with Crippen molar-refractivity contribution in [1.82, 2.24) is 10.3 Å². The predicted octanol–water partition coefficient (Wildman–Crippen LogP) is 4.44. The molecule has 2 aromatic carbocycles. The van der Waals surface area contributed by atoms with Crippen LogP contribution in [0.4, 0.5) is 0 Å². The molecular formula is C22H24N2O2S. The number of hydrogen-bond acceptors (Lipinski definition) is 4. The number of thiazole rings is 1. The van der Waals surface area contributed by atoms with Crippen molar-refractivity contribution < 1.29 is 9.53 Å². The van der Waals surface area contributed by atoms with E-state index >= 15 is 0 Å². The number of rotatable bonds is 7. The highest BCUT2D eigenvalue weighted by Crippen LogP contribution is 2.40. The molecule has 1 heterocycles. The molecule has 1 aromatic heterocycles. The van der Waals surface area contributed by atoms with Gasteiger partial charge < -0.3 is 10.1 Å². The van der Waals surface area contributed by atoms with Gasteiger partial charge in [-0.2, -0.15) is 0 Å². The molecule has 1 aliphatic carbocycles. The van der Waals surface area contributed by atoms with Crippen LogP contribution in [0.15, 0.2) is 54.6 Å². The summed E-state index contributed by atoms with van der Waals surface area (Å²) < 4.78 is 6.75. The first-order valence-electron chi connectivity index (χ1n) is 9.50. The topological polar surface area (TPSA) is 51.2 Å². The number of carbonyl (C=O) groups is 1. The molecule has 27 heavy (non-hydrogen) atoms. The van der Waals surface area contributed by atoms with Gasteiger partial charge in [-0.05, 0) is 30.5 Å². The van der Waals surface area contributed by atoms with Crippen molar-refractivity contribution in [3.05, 3.63) is 65.2 Å². The Morgan fingerprint density at radius 2 is 1.81 bits per heavy atom. The van der Waals surface area contributed by atoms with Crippen molar-refractivity contribution in [2.75, 3.05) is 13.2 Å². The Morgan fingerprint density at radius 1 is 1.07 bits per heavy atom. The second-order valence-electron chi connectivity index (χ2n) is 7.20. The third-order valence-corrected chi connectivity index (χ3v) is 6.38. The Balaban J connectivity index is 1.29. The summed E-state index contributed by atoms with van der Waals surface area (Å²) in [6.07, 6.45) is 4.70. The molecule has 1 aliphatic rings. The van der Waals surface area contributed by atoms with Crippen molar-refractivity contribution >= 4 is 27.5 Å². The maximum atomic E-state index is 12.3. The Kier molecular flexibility index (Phi) is 5.50. The molecule has 4 nitrogen and oxygen atoms in total. The van der Waals surface area contributed by atoms with Crippen LogP contribution in [-0.2, 0) is 21.6 Å². The van der Waals surface area contributed by atoms with Gasteiger partial charge in [-0.15, -0.1) is 11.3 Å². The quantitative estimate of drug-likeness (QED) is 0.659. The maximum Gasteiger partial charge on any atom is 0.246 e. The summed E-state index contributed by atoms with van der Waals surface area (Å²) in [5, 5.41) is 4.00. The Labute approximate surface area is 163 Å². The van der Waals surface area contributed by atoms with E-state index in [9.17, 15) is 4.79 Å². The lowest BCUT2D eigenvalue weighted by atomic mass is 9.79. The van der Waals surface area contributed by atoms with E-state index in [-0.39, 0.29) is 17.9 Å². The number of aromatic nitrogens is 1. The van der Waals surface area contributed by atoms with Crippen molar-refractivity contribution in [1.29, 1.82) is 0 Å². The van der Waals surface area contributed by atoms with Gasteiger partial charge in [0.15, 0.2) is 0 Å². The second-order valence-corrected chi connectivity index (χ2v) is 8.31. The highest BCUT2D eigenvalue weighted by atomic mass is 32.1. The van der Waals surface area contributed by atoms with Crippen molar-refractivity contribution in [3.8, 4) is 0 Å². The third-order valence-electron chi connectivity index (χ3n) is 5.37. The number of amides is 1. The number of ether oxygens (including phenoxy) is 1. The smallest absolute Gasteiger partial charge is 0.246 e. The molecule has 5 heteroatoms. The van der Waals surface area contributed by atoms with E-state index in [1.807, 2.05) is 30.3 Å². The molecule has 1 saturated carbocycles. The number of para-hydroxylation sites is 1. The van der Waals surface area contributed by atoms with Crippen LogP contribution >= 0.6 is 11.3 Å². The van der Waals surface area contributed by atoms with Gasteiger partial charge in [0, 0.05) is 12.0 Å².